The second-order valence-electron chi connectivity index (χ2n) is 6.17. The number of nitrogens with zero attached hydrogens (tertiary/aromatic N) is 1. The third-order valence-corrected chi connectivity index (χ3v) is 6.16. The monoisotopic (exact) mass is 434 g/mol. The molecule has 0 saturated heterocycles. The quantitative estimate of drug-likeness (QED) is 0.495. The first-order valence-corrected chi connectivity index (χ1v) is 11.3. The van der Waals surface area contributed by atoms with Gasteiger partial charge in [-0.3, -0.25) is 14.6 Å². The number of H-pyrrole nitrogens is 1. The van der Waals surface area contributed by atoms with E-state index >= 15 is 0 Å². The fraction of sp³-hybridized carbons (Fsp3) is 0.158. The van der Waals surface area contributed by atoms with Crippen molar-refractivity contribution >= 4 is 33.4 Å². The maximum atomic E-state index is 13.0. The van der Waals surface area contributed by atoms with Gasteiger partial charge in [0.2, 0.25) is 5.03 Å². The summed E-state index contributed by atoms with van der Waals surface area (Å²) < 4.78 is 40.7. The Labute approximate surface area is 172 Å². The summed E-state index contributed by atoms with van der Waals surface area (Å²) in [6.07, 6.45) is 1.97. The average molecular weight is 435 g/mol. The van der Waals surface area contributed by atoms with Crippen molar-refractivity contribution in [2.24, 2.45) is 0 Å². The molecule has 0 unspecified atom stereocenters. The normalized spacial score (nSPS) is 11.3. The molecule has 10 heteroatoms. The van der Waals surface area contributed by atoms with Gasteiger partial charge in [-0.1, -0.05) is 12.1 Å². The lowest BCUT2D eigenvalue weighted by atomic mass is 10.2. The molecule has 29 heavy (non-hydrogen) atoms. The molecule has 3 rings (SSSR count). The van der Waals surface area contributed by atoms with Gasteiger partial charge in [-0.2, -0.15) is 13.5 Å². The molecule has 3 aromatic rings. The van der Waals surface area contributed by atoms with Crippen molar-refractivity contribution < 1.29 is 17.6 Å². The predicted octanol–water partition coefficient (Wildman–Crippen LogP) is 3.31. The van der Waals surface area contributed by atoms with E-state index in [0.29, 0.717) is 5.69 Å². The second-order valence-corrected chi connectivity index (χ2v) is 8.65. The van der Waals surface area contributed by atoms with E-state index in [0.717, 1.165) is 22.6 Å². The Kier molecular flexibility index (Phi) is 6.23. The molecule has 152 valence electrons. The number of aromatic amines is 1. The standard InChI is InChI=1S/C19H19FN4O3S2/c1-12-17(18(25)21-11-13-3-9-16(28-2)10-4-13)19(23-22-12)29(26,27)24-15-7-5-14(20)6-8-15/h3-10,24H,11H2,1-2H3,(H,21,25)(H,22,23). The highest BCUT2D eigenvalue weighted by Gasteiger charge is 2.28. The predicted molar refractivity (Wildman–Crippen MR) is 110 cm³/mol. The Morgan fingerprint density at radius 1 is 1.14 bits per heavy atom. The van der Waals surface area contributed by atoms with Crippen LogP contribution in [0.1, 0.15) is 21.6 Å². The van der Waals surface area contributed by atoms with Gasteiger partial charge in [-0.25, -0.2) is 4.39 Å². The fourth-order valence-corrected chi connectivity index (χ4v) is 4.24. The minimum Gasteiger partial charge on any atom is -0.348 e. The van der Waals surface area contributed by atoms with E-state index in [1.165, 1.54) is 12.1 Å². The van der Waals surface area contributed by atoms with E-state index in [9.17, 15) is 17.6 Å². The van der Waals surface area contributed by atoms with Gasteiger partial charge >= 0.3 is 0 Å². The SMILES string of the molecule is CSc1ccc(CNC(=O)c2c(S(=O)(=O)Nc3ccc(F)cc3)n[nH]c2C)cc1. The molecular formula is C19H19FN4O3S2. The zero-order valence-corrected chi connectivity index (χ0v) is 17.3. The van der Waals surface area contributed by atoms with Crippen molar-refractivity contribution in [2.45, 2.75) is 23.4 Å². The number of aryl methyl sites for hydroxylation is 1. The Balaban J connectivity index is 1.78. The Bertz CT molecular complexity index is 1110. The van der Waals surface area contributed by atoms with Gasteiger partial charge in [0.1, 0.15) is 11.4 Å². The minimum atomic E-state index is -4.15. The van der Waals surface area contributed by atoms with Crippen LogP contribution in [0.3, 0.4) is 0 Å². The Morgan fingerprint density at radius 3 is 2.41 bits per heavy atom. The summed E-state index contributed by atoms with van der Waals surface area (Å²) >= 11 is 1.61. The van der Waals surface area contributed by atoms with Crippen LogP contribution in [0.4, 0.5) is 10.1 Å². The Hall–Kier alpha value is -2.85. The molecule has 0 atom stereocenters. The van der Waals surface area contributed by atoms with E-state index in [4.69, 9.17) is 0 Å². The number of thioether (sulfide) groups is 1. The molecule has 1 amide bonds. The molecule has 3 N–H and O–H groups in total. The van der Waals surface area contributed by atoms with E-state index < -0.39 is 26.8 Å². The lowest BCUT2D eigenvalue weighted by Crippen LogP contribution is -2.26. The van der Waals surface area contributed by atoms with Gasteiger partial charge < -0.3 is 5.32 Å². The van der Waals surface area contributed by atoms with Crippen LogP contribution in [0.25, 0.3) is 0 Å². The number of hydrogen-bond donors (Lipinski definition) is 3. The summed E-state index contributed by atoms with van der Waals surface area (Å²) in [4.78, 5) is 13.8. The topological polar surface area (TPSA) is 104 Å². The van der Waals surface area contributed by atoms with Crippen LogP contribution in [-0.2, 0) is 16.6 Å². The highest BCUT2D eigenvalue weighted by atomic mass is 32.2. The van der Waals surface area contributed by atoms with E-state index in [-0.39, 0.29) is 17.8 Å². The number of carbonyl (C=O) groups is 1. The number of halogens is 1. The molecule has 0 fully saturated rings. The number of sulfonamides is 1. The van der Waals surface area contributed by atoms with E-state index in [1.54, 1.807) is 18.7 Å². The molecule has 0 radical (unpaired) electrons. The van der Waals surface area contributed by atoms with Crippen LogP contribution in [-0.4, -0.2) is 30.8 Å². The summed E-state index contributed by atoms with van der Waals surface area (Å²) in [5.41, 5.74) is 1.29. The van der Waals surface area contributed by atoms with Crippen LogP contribution in [0.2, 0.25) is 0 Å². The molecule has 0 spiro atoms. The molecule has 0 aliphatic rings. The number of benzene rings is 2. The first kappa shape index (κ1) is 20.9. The molecule has 0 aliphatic carbocycles. The van der Waals surface area contributed by atoms with Crippen molar-refractivity contribution in [3.63, 3.8) is 0 Å². The van der Waals surface area contributed by atoms with Gasteiger partial charge in [0, 0.05) is 22.8 Å². The molecule has 0 aliphatic heterocycles. The van der Waals surface area contributed by atoms with Gasteiger partial charge in [-0.15, -0.1) is 11.8 Å². The first-order valence-electron chi connectivity index (χ1n) is 8.54. The molecule has 0 bridgehead atoms. The number of nitrogens with one attached hydrogen (secondary N) is 3. The maximum Gasteiger partial charge on any atom is 0.282 e. The van der Waals surface area contributed by atoms with Crippen molar-refractivity contribution in [2.75, 3.05) is 11.0 Å². The van der Waals surface area contributed by atoms with Crippen LogP contribution in [0.15, 0.2) is 58.5 Å². The molecule has 2 aromatic carbocycles. The van der Waals surface area contributed by atoms with Crippen molar-refractivity contribution in [3.8, 4) is 0 Å². The van der Waals surface area contributed by atoms with Gasteiger partial charge in [-0.05, 0) is 55.1 Å². The smallest absolute Gasteiger partial charge is 0.282 e. The third kappa shape index (κ3) is 4.96. The lowest BCUT2D eigenvalue weighted by molar-refractivity contribution is 0.0947. The van der Waals surface area contributed by atoms with E-state index in [1.807, 2.05) is 30.5 Å². The highest BCUT2D eigenvalue weighted by molar-refractivity contribution is 7.98. The number of carbonyl (C=O) groups excluding carboxylic acids is 1. The summed E-state index contributed by atoms with van der Waals surface area (Å²) in [7, 11) is -4.15. The molecule has 0 saturated carbocycles. The zero-order chi connectivity index (χ0) is 21.0. The van der Waals surface area contributed by atoms with Crippen molar-refractivity contribution in [3.05, 3.63) is 71.2 Å². The number of hydrogen-bond acceptors (Lipinski definition) is 5. The average Bonchev–Trinajstić information content (AvgIpc) is 3.10. The summed E-state index contributed by atoms with van der Waals surface area (Å²) in [5.74, 6) is -1.06. The second kappa shape index (κ2) is 8.66. The van der Waals surface area contributed by atoms with E-state index in [2.05, 4.69) is 20.2 Å². The van der Waals surface area contributed by atoms with Gasteiger partial charge in [0.05, 0.1) is 0 Å². The third-order valence-electron chi connectivity index (χ3n) is 4.10. The zero-order valence-electron chi connectivity index (χ0n) is 15.7. The molecule has 7 nitrogen and oxygen atoms in total. The number of aromatic nitrogens is 2. The summed E-state index contributed by atoms with van der Waals surface area (Å²) in [5, 5.41) is 8.62. The number of amides is 1. The number of anilines is 1. The van der Waals surface area contributed by atoms with Crippen LogP contribution >= 0.6 is 11.8 Å². The van der Waals surface area contributed by atoms with Crippen molar-refractivity contribution in [1.29, 1.82) is 0 Å². The largest absolute Gasteiger partial charge is 0.348 e. The summed E-state index contributed by atoms with van der Waals surface area (Å²) in [6.45, 7) is 1.80. The van der Waals surface area contributed by atoms with Gasteiger partial charge in [0.25, 0.3) is 15.9 Å². The van der Waals surface area contributed by atoms with Crippen LogP contribution in [0.5, 0.6) is 0 Å². The van der Waals surface area contributed by atoms with Gasteiger partial charge in [0.15, 0.2) is 0 Å². The number of rotatable bonds is 7. The van der Waals surface area contributed by atoms with Crippen molar-refractivity contribution in [1.82, 2.24) is 15.5 Å². The van der Waals surface area contributed by atoms with Crippen LogP contribution in [0, 0.1) is 12.7 Å². The Morgan fingerprint density at radius 2 is 1.79 bits per heavy atom. The molecular weight excluding hydrogens is 415 g/mol. The minimum absolute atomic E-state index is 0.0691. The lowest BCUT2D eigenvalue weighted by Gasteiger charge is -2.09. The summed E-state index contributed by atoms with van der Waals surface area (Å²) in [6, 6.07) is 12.5. The van der Waals surface area contributed by atoms with Crippen LogP contribution < -0.4 is 10.0 Å². The molecule has 1 heterocycles. The molecule has 1 aromatic heterocycles. The first-order chi connectivity index (χ1) is 13.8. The highest BCUT2D eigenvalue weighted by Crippen LogP contribution is 2.21. The maximum absolute atomic E-state index is 13.0. The fourth-order valence-electron chi connectivity index (χ4n) is 2.60.